The van der Waals surface area contributed by atoms with Crippen molar-refractivity contribution in [2.75, 3.05) is 4.90 Å². The van der Waals surface area contributed by atoms with Crippen molar-refractivity contribution >= 4 is 51.2 Å². The molecule has 0 bridgehead atoms. The van der Waals surface area contributed by atoms with Crippen LogP contribution in [0.5, 0.6) is 0 Å². The van der Waals surface area contributed by atoms with Crippen molar-refractivity contribution in [3.63, 3.8) is 0 Å². The molecule has 1 aliphatic rings. The molecule has 4 heteroatoms. The van der Waals surface area contributed by atoms with Gasteiger partial charge in [-0.3, -0.25) is 0 Å². The Morgan fingerprint density at radius 3 is 1.39 bits per heavy atom. The predicted molar refractivity (Wildman–Crippen MR) is 152 cm³/mol. The van der Waals surface area contributed by atoms with Crippen LogP contribution in [-0.2, 0) is 9.31 Å². The Balaban J connectivity index is 1.43. The van der Waals surface area contributed by atoms with Crippen molar-refractivity contribution < 1.29 is 9.31 Å². The van der Waals surface area contributed by atoms with Gasteiger partial charge in [-0.25, -0.2) is 0 Å². The summed E-state index contributed by atoms with van der Waals surface area (Å²) in [6, 6.07) is 38.8. The molecule has 6 rings (SSSR count). The van der Waals surface area contributed by atoms with Gasteiger partial charge in [-0.2, -0.15) is 0 Å². The zero-order valence-electron chi connectivity index (χ0n) is 21.2. The largest absolute Gasteiger partial charge is 0.494 e. The summed E-state index contributed by atoms with van der Waals surface area (Å²) in [6.45, 7) is 8.34. The molecule has 0 saturated carbocycles. The molecule has 1 saturated heterocycles. The average Bonchev–Trinajstić information content (AvgIpc) is 3.11. The van der Waals surface area contributed by atoms with E-state index in [1.54, 1.807) is 0 Å². The zero-order valence-corrected chi connectivity index (χ0v) is 21.2. The number of nitrogens with zero attached hydrogens (tertiary/aromatic N) is 1. The van der Waals surface area contributed by atoms with Gasteiger partial charge in [0.2, 0.25) is 0 Å². The summed E-state index contributed by atoms with van der Waals surface area (Å²) in [5.41, 5.74) is 3.62. The minimum atomic E-state index is -0.376. The molecule has 36 heavy (non-hydrogen) atoms. The summed E-state index contributed by atoms with van der Waals surface area (Å²) in [4.78, 5) is 2.31. The van der Waals surface area contributed by atoms with E-state index in [-0.39, 0.29) is 18.3 Å². The molecule has 0 N–H and O–H groups in total. The number of benzene rings is 5. The maximum absolute atomic E-state index is 6.28. The molecule has 0 unspecified atom stereocenters. The maximum atomic E-state index is 6.28. The fraction of sp³-hybridized carbons (Fsp3) is 0.188. The second-order valence-electron chi connectivity index (χ2n) is 10.6. The Labute approximate surface area is 213 Å². The molecule has 1 heterocycles. The molecule has 178 valence electrons. The topological polar surface area (TPSA) is 21.7 Å². The Hall–Kier alpha value is -3.60. The molecule has 0 aliphatic carbocycles. The van der Waals surface area contributed by atoms with E-state index in [1.165, 1.54) is 21.5 Å². The van der Waals surface area contributed by atoms with Crippen LogP contribution in [0, 0.1) is 0 Å². The van der Waals surface area contributed by atoms with E-state index in [0.717, 1.165) is 22.5 Å². The van der Waals surface area contributed by atoms with Gasteiger partial charge in [0.25, 0.3) is 0 Å². The molecule has 0 aromatic heterocycles. The van der Waals surface area contributed by atoms with Crippen molar-refractivity contribution in [2.24, 2.45) is 0 Å². The van der Waals surface area contributed by atoms with Crippen molar-refractivity contribution in [3.8, 4) is 0 Å². The first-order valence-corrected chi connectivity index (χ1v) is 12.5. The van der Waals surface area contributed by atoms with Crippen LogP contribution in [0.25, 0.3) is 21.5 Å². The van der Waals surface area contributed by atoms with E-state index in [4.69, 9.17) is 9.31 Å². The first-order chi connectivity index (χ1) is 17.3. The fourth-order valence-electron chi connectivity index (χ4n) is 4.84. The first-order valence-electron chi connectivity index (χ1n) is 12.5. The van der Waals surface area contributed by atoms with Crippen LogP contribution in [0.15, 0.2) is 109 Å². The van der Waals surface area contributed by atoms with Gasteiger partial charge in [0.15, 0.2) is 0 Å². The third-order valence-corrected chi connectivity index (χ3v) is 7.66. The third kappa shape index (κ3) is 3.97. The molecule has 1 fully saturated rings. The zero-order chi connectivity index (χ0) is 24.9. The molecule has 5 aromatic carbocycles. The first kappa shape index (κ1) is 22.8. The van der Waals surface area contributed by atoms with Crippen LogP contribution in [0.1, 0.15) is 27.7 Å². The Morgan fingerprint density at radius 1 is 0.500 bits per heavy atom. The standard InChI is InChI=1S/C32H30BNO2/c1-31(2)32(3,4)36-33(35-31)27-15-19-28(20-16-27)34(29-17-13-23-9-5-7-11-25(23)21-29)30-18-14-24-10-6-8-12-26(24)22-30/h5-22H,1-4H3. The summed E-state index contributed by atoms with van der Waals surface area (Å²) in [5.74, 6) is 0. The number of hydrogen-bond acceptors (Lipinski definition) is 3. The Morgan fingerprint density at radius 2 is 0.917 bits per heavy atom. The summed E-state index contributed by atoms with van der Waals surface area (Å²) >= 11 is 0. The van der Waals surface area contributed by atoms with Crippen molar-refractivity contribution in [3.05, 3.63) is 109 Å². The van der Waals surface area contributed by atoms with Gasteiger partial charge in [0.1, 0.15) is 0 Å². The van der Waals surface area contributed by atoms with E-state index in [0.29, 0.717) is 0 Å². The molecule has 0 amide bonds. The maximum Gasteiger partial charge on any atom is 0.494 e. The van der Waals surface area contributed by atoms with Crippen LogP contribution in [-0.4, -0.2) is 18.3 Å². The predicted octanol–water partition coefficient (Wildman–Crippen LogP) is 7.76. The molecular weight excluding hydrogens is 441 g/mol. The third-order valence-electron chi connectivity index (χ3n) is 7.66. The molecule has 0 atom stereocenters. The molecule has 0 radical (unpaired) electrons. The second kappa shape index (κ2) is 8.51. The minimum Gasteiger partial charge on any atom is -0.399 e. The summed E-state index contributed by atoms with van der Waals surface area (Å²) in [6.07, 6.45) is 0. The van der Waals surface area contributed by atoms with Gasteiger partial charge >= 0.3 is 7.12 Å². The van der Waals surface area contributed by atoms with Gasteiger partial charge in [0.05, 0.1) is 11.2 Å². The summed E-state index contributed by atoms with van der Waals surface area (Å²) in [7, 11) is -0.376. The van der Waals surface area contributed by atoms with E-state index in [2.05, 4.69) is 142 Å². The van der Waals surface area contributed by atoms with Crippen molar-refractivity contribution in [2.45, 2.75) is 38.9 Å². The fourth-order valence-corrected chi connectivity index (χ4v) is 4.84. The summed E-state index contributed by atoms with van der Waals surface area (Å²) < 4.78 is 12.6. The molecule has 1 aliphatic heterocycles. The lowest BCUT2D eigenvalue weighted by Gasteiger charge is -2.32. The molecule has 3 nitrogen and oxygen atoms in total. The molecule has 0 spiro atoms. The number of rotatable bonds is 4. The molecule has 5 aromatic rings. The Kier molecular flexibility index (Phi) is 5.40. The van der Waals surface area contributed by atoms with Crippen LogP contribution in [0.3, 0.4) is 0 Å². The van der Waals surface area contributed by atoms with E-state index >= 15 is 0 Å². The van der Waals surface area contributed by atoms with Crippen LogP contribution in [0.2, 0.25) is 0 Å². The van der Waals surface area contributed by atoms with Gasteiger partial charge in [0, 0.05) is 17.1 Å². The SMILES string of the molecule is CC1(C)OB(c2ccc(N(c3ccc4ccccc4c3)c3ccc4ccccc4c3)cc2)OC1(C)C. The average molecular weight is 471 g/mol. The minimum absolute atomic E-state index is 0.363. The smallest absolute Gasteiger partial charge is 0.399 e. The van der Waals surface area contributed by atoms with Gasteiger partial charge < -0.3 is 14.2 Å². The highest BCUT2D eigenvalue weighted by Crippen LogP contribution is 2.39. The van der Waals surface area contributed by atoms with Crippen molar-refractivity contribution in [1.29, 1.82) is 0 Å². The highest BCUT2D eigenvalue weighted by atomic mass is 16.7. The Bertz CT molecular complexity index is 1460. The quantitative estimate of drug-likeness (QED) is 0.250. The lowest BCUT2D eigenvalue weighted by atomic mass is 9.79. The highest BCUT2D eigenvalue weighted by molar-refractivity contribution is 6.62. The van der Waals surface area contributed by atoms with Crippen LogP contribution >= 0.6 is 0 Å². The number of hydrogen-bond donors (Lipinski definition) is 0. The lowest BCUT2D eigenvalue weighted by Crippen LogP contribution is -2.41. The normalized spacial score (nSPS) is 16.5. The highest BCUT2D eigenvalue weighted by Gasteiger charge is 2.51. The lowest BCUT2D eigenvalue weighted by molar-refractivity contribution is 0.00578. The van der Waals surface area contributed by atoms with Gasteiger partial charge in [-0.05, 0) is 91.1 Å². The van der Waals surface area contributed by atoms with E-state index in [9.17, 15) is 0 Å². The monoisotopic (exact) mass is 471 g/mol. The van der Waals surface area contributed by atoms with Crippen molar-refractivity contribution in [1.82, 2.24) is 0 Å². The van der Waals surface area contributed by atoms with E-state index < -0.39 is 0 Å². The number of anilines is 3. The van der Waals surface area contributed by atoms with Crippen LogP contribution in [0.4, 0.5) is 17.1 Å². The van der Waals surface area contributed by atoms with Gasteiger partial charge in [-0.1, -0.05) is 72.8 Å². The second-order valence-corrected chi connectivity index (χ2v) is 10.6. The number of fused-ring (bicyclic) bond motifs is 2. The van der Waals surface area contributed by atoms with Gasteiger partial charge in [-0.15, -0.1) is 0 Å². The van der Waals surface area contributed by atoms with E-state index in [1.807, 2.05) is 0 Å². The summed E-state index contributed by atoms with van der Waals surface area (Å²) in [5, 5.41) is 4.90. The van der Waals surface area contributed by atoms with Crippen LogP contribution < -0.4 is 10.4 Å². The molecular formula is C32H30BNO2.